The highest BCUT2D eigenvalue weighted by molar-refractivity contribution is 5.28. The predicted molar refractivity (Wildman–Crippen MR) is 92.7 cm³/mol. The molecular weight excluding hydrogens is 254 g/mol. The molecule has 1 N–H and O–H groups in total. The van der Waals surface area contributed by atoms with Crippen molar-refractivity contribution in [2.75, 3.05) is 6.54 Å². The Hall–Kier alpha value is -1.08. The number of allylic oxidation sites excluding steroid dienone is 1. The Kier molecular flexibility index (Phi) is 6.50. The van der Waals surface area contributed by atoms with Gasteiger partial charge < -0.3 is 5.32 Å². The Morgan fingerprint density at radius 1 is 1.05 bits per heavy atom. The van der Waals surface area contributed by atoms with Gasteiger partial charge in [-0.15, -0.1) is 0 Å². The number of benzene rings is 1. The normalized spacial score (nSPS) is 16.9. The van der Waals surface area contributed by atoms with Crippen LogP contribution in [0.15, 0.2) is 35.9 Å². The molecule has 0 heterocycles. The van der Waals surface area contributed by atoms with Gasteiger partial charge in [0.05, 0.1) is 0 Å². The van der Waals surface area contributed by atoms with Gasteiger partial charge in [-0.25, -0.2) is 0 Å². The SMILES string of the molecule is CCCNC(CC1=CCCCC1)c1ccc(C(C)C)cc1. The minimum atomic E-state index is 0.482. The van der Waals surface area contributed by atoms with Gasteiger partial charge in [0.2, 0.25) is 0 Å². The molecule has 0 fully saturated rings. The predicted octanol–water partition coefficient (Wildman–Crippen LogP) is 5.74. The zero-order valence-corrected chi connectivity index (χ0v) is 14.0. The summed E-state index contributed by atoms with van der Waals surface area (Å²) in [6.45, 7) is 7.86. The molecule has 1 atom stereocenters. The van der Waals surface area contributed by atoms with Crippen molar-refractivity contribution in [2.45, 2.75) is 71.3 Å². The summed E-state index contributed by atoms with van der Waals surface area (Å²) in [5.41, 5.74) is 4.53. The van der Waals surface area contributed by atoms with Gasteiger partial charge in [-0.1, -0.05) is 56.7 Å². The number of nitrogens with one attached hydrogen (secondary N) is 1. The lowest BCUT2D eigenvalue weighted by Crippen LogP contribution is -2.23. The molecule has 0 aliphatic heterocycles. The Balaban J connectivity index is 2.08. The molecule has 116 valence electrons. The van der Waals surface area contributed by atoms with Crippen molar-refractivity contribution in [1.82, 2.24) is 5.32 Å². The van der Waals surface area contributed by atoms with Crippen molar-refractivity contribution in [3.8, 4) is 0 Å². The third-order valence-corrected chi connectivity index (χ3v) is 4.50. The first-order chi connectivity index (χ1) is 10.2. The highest BCUT2D eigenvalue weighted by Gasteiger charge is 2.14. The second-order valence-corrected chi connectivity index (χ2v) is 6.64. The van der Waals surface area contributed by atoms with Gasteiger partial charge in [0, 0.05) is 6.04 Å². The van der Waals surface area contributed by atoms with E-state index in [2.05, 4.69) is 56.4 Å². The first-order valence-corrected chi connectivity index (χ1v) is 8.72. The Labute approximate surface area is 130 Å². The van der Waals surface area contributed by atoms with Crippen LogP contribution in [-0.4, -0.2) is 6.54 Å². The Bertz CT molecular complexity index is 441. The lowest BCUT2D eigenvalue weighted by atomic mass is 9.90. The largest absolute Gasteiger partial charge is 0.310 e. The number of rotatable bonds is 7. The molecule has 21 heavy (non-hydrogen) atoms. The van der Waals surface area contributed by atoms with Crippen LogP contribution in [0, 0.1) is 0 Å². The Morgan fingerprint density at radius 2 is 1.76 bits per heavy atom. The fourth-order valence-corrected chi connectivity index (χ4v) is 3.09. The average molecular weight is 285 g/mol. The monoisotopic (exact) mass is 285 g/mol. The van der Waals surface area contributed by atoms with Crippen LogP contribution in [0.25, 0.3) is 0 Å². The van der Waals surface area contributed by atoms with E-state index < -0.39 is 0 Å². The minimum Gasteiger partial charge on any atom is -0.310 e. The fraction of sp³-hybridized carbons (Fsp3) is 0.600. The summed E-state index contributed by atoms with van der Waals surface area (Å²) in [7, 11) is 0. The summed E-state index contributed by atoms with van der Waals surface area (Å²) in [5.74, 6) is 0.613. The summed E-state index contributed by atoms with van der Waals surface area (Å²) in [6.07, 6.45) is 10.2. The van der Waals surface area contributed by atoms with Gasteiger partial charge in [0.25, 0.3) is 0 Å². The second-order valence-electron chi connectivity index (χ2n) is 6.64. The lowest BCUT2D eigenvalue weighted by molar-refractivity contribution is 0.511. The number of hydrogen-bond donors (Lipinski definition) is 1. The van der Waals surface area contributed by atoms with Gasteiger partial charge in [-0.3, -0.25) is 0 Å². The molecule has 1 aliphatic carbocycles. The third-order valence-electron chi connectivity index (χ3n) is 4.50. The molecule has 1 aromatic rings. The highest BCUT2D eigenvalue weighted by atomic mass is 14.9. The summed E-state index contributed by atoms with van der Waals surface area (Å²) in [4.78, 5) is 0. The van der Waals surface area contributed by atoms with E-state index in [1.165, 1.54) is 49.7 Å². The summed E-state index contributed by atoms with van der Waals surface area (Å²) in [6, 6.07) is 9.74. The van der Waals surface area contributed by atoms with Crippen LogP contribution in [0.5, 0.6) is 0 Å². The molecule has 1 aromatic carbocycles. The molecule has 1 aliphatic rings. The summed E-state index contributed by atoms with van der Waals surface area (Å²) >= 11 is 0. The van der Waals surface area contributed by atoms with Gasteiger partial charge in [0.15, 0.2) is 0 Å². The van der Waals surface area contributed by atoms with E-state index in [-0.39, 0.29) is 0 Å². The standard InChI is InChI=1S/C20H31N/c1-4-14-21-20(15-17-8-6-5-7-9-17)19-12-10-18(11-13-19)16(2)3/h8,10-13,16,20-21H,4-7,9,14-15H2,1-3H3. The maximum Gasteiger partial charge on any atom is 0.0357 e. The lowest BCUT2D eigenvalue weighted by Gasteiger charge is -2.23. The van der Waals surface area contributed by atoms with E-state index in [1.54, 1.807) is 5.57 Å². The quantitative estimate of drug-likeness (QED) is 0.630. The van der Waals surface area contributed by atoms with Gasteiger partial charge in [0.1, 0.15) is 0 Å². The fourth-order valence-electron chi connectivity index (χ4n) is 3.09. The van der Waals surface area contributed by atoms with E-state index >= 15 is 0 Å². The topological polar surface area (TPSA) is 12.0 Å². The average Bonchev–Trinajstić information content (AvgIpc) is 2.52. The molecule has 1 unspecified atom stereocenters. The van der Waals surface area contributed by atoms with Crippen LogP contribution in [-0.2, 0) is 0 Å². The molecule has 0 bridgehead atoms. The van der Waals surface area contributed by atoms with Crippen molar-refractivity contribution in [2.24, 2.45) is 0 Å². The molecule has 0 saturated heterocycles. The molecule has 0 saturated carbocycles. The zero-order chi connectivity index (χ0) is 15.1. The summed E-state index contributed by atoms with van der Waals surface area (Å²) < 4.78 is 0. The molecular formula is C20H31N. The van der Waals surface area contributed by atoms with Gasteiger partial charge in [-0.05, 0) is 62.1 Å². The Morgan fingerprint density at radius 3 is 2.33 bits per heavy atom. The van der Waals surface area contributed by atoms with Crippen molar-refractivity contribution in [1.29, 1.82) is 0 Å². The van der Waals surface area contributed by atoms with Crippen LogP contribution in [0.4, 0.5) is 0 Å². The van der Waals surface area contributed by atoms with Crippen LogP contribution >= 0.6 is 0 Å². The molecule has 0 aromatic heterocycles. The third kappa shape index (κ3) is 5.00. The minimum absolute atomic E-state index is 0.482. The van der Waals surface area contributed by atoms with E-state index in [0.29, 0.717) is 12.0 Å². The molecule has 2 rings (SSSR count). The van der Waals surface area contributed by atoms with Crippen molar-refractivity contribution in [3.63, 3.8) is 0 Å². The molecule has 0 radical (unpaired) electrons. The van der Waals surface area contributed by atoms with Crippen molar-refractivity contribution >= 4 is 0 Å². The van der Waals surface area contributed by atoms with E-state index in [9.17, 15) is 0 Å². The van der Waals surface area contributed by atoms with E-state index in [4.69, 9.17) is 0 Å². The van der Waals surface area contributed by atoms with Crippen LogP contribution in [0.2, 0.25) is 0 Å². The van der Waals surface area contributed by atoms with Crippen molar-refractivity contribution < 1.29 is 0 Å². The van der Waals surface area contributed by atoms with Crippen LogP contribution < -0.4 is 5.32 Å². The van der Waals surface area contributed by atoms with Crippen LogP contribution in [0.3, 0.4) is 0 Å². The molecule has 0 spiro atoms. The molecule has 0 amide bonds. The van der Waals surface area contributed by atoms with Gasteiger partial charge >= 0.3 is 0 Å². The molecule has 1 heteroatoms. The summed E-state index contributed by atoms with van der Waals surface area (Å²) in [5, 5.41) is 3.74. The highest BCUT2D eigenvalue weighted by Crippen LogP contribution is 2.28. The smallest absolute Gasteiger partial charge is 0.0357 e. The number of hydrogen-bond acceptors (Lipinski definition) is 1. The second kappa shape index (κ2) is 8.38. The first kappa shape index (κ1) is 16.3. The molecule has 1 nitrogen and oxygen atoms in total. The maximum absolute atomic E-state index is 3.74. The van der Waals surface area contributed by atoms with Crippen LogP contribution in [0.1, 0.15) is 82.4 Å². The van der Waals surface area contributed by atoms with E-state index in [0.717, 1.165) is 6.54 Å². The van der Waals surface area contributed by atoms with Gasteiger partial charge in [-0.2, -0.15) is 0 Å². The maximum atomic E-state index is 3.74. The zero-order valence-electron chi connectivity index (χ0n) is 14.0. The first-order valence-electron chi connectivity index (χ1n) is 8.72. The van der Waals surface area contributed by atoms with E-state index in [1.807, 2.05) is 0 Å². The van der Waals surface area contributed by atoms with Crippen molar-refractivity contribution in [3.05, 3.63) is 47.0 Å².